The smallest absolute Gasteiger partial charge is 0.330 e. The molecule has 0 fully saturated rings. The zero-order valence-electron chi connectivity index (χ0n) is 10.6. The van der Waals surface area contributed by atoms with Gasteiger partial charge in [-0.1, -0.05) is 19.1 Å². The van der Waals surface area contributed by atoms with Crippen LogP contribution in [-0.2, 0) is 15.1 Å². The van der Waals surface area contributed by atoms with Crippen LogP contribution in [0.1, 0.15) is 25.0 Å². The Labute approximate surface area is 101 Å². The molecule has 17 heavy (non-hydrogen) atoms. The van der Waals surface area contributed by atoms with Gasteiger partial charge in [-0.2, -0.15) is 0 Å². The topological polar surface area (TPSA) is 38.3 Å². The quantitative estimate of drug-likeness (QED) is 0.818. The van der Waals surface area contributed by atoms with E-state index in [1.54, 1.807) is 26.0 Å². The maximum Gasteiger partial charge on any atom is 0.330 e. The van der Waals surface area contributed by atoms with E-state index in [9.17, 15) is 9.18 Å². The molecule has 4 heteroatoms. The van der Waals surface area contributed by atoms with Crippen molar-refractivity contribution in [1.29, 1.82) is 0 Å². The third-order valence-corrected chi connectivity index (χ3v) is 2.87. The van der Waals surface area contributed by atoms with Crippen LogP contribution < -0.4 is 5.32 Å². The number of hydrogen-bond donors (Lipinski definition) is 1. The van der Waals surface area contributed by atoms with Crippen LogP contribution in [0.3, 0.4) is 0 Å². The first-order valence-electron chi connectivity index (χ1n) is 5.55. The number of carbonyl (C=O) groups is 1. The first kappa shape index (κ1) is 13.6. The molecule has 1 aromatic carbocycles. The van der Waals surface area contributed by atoms with Crippen LogP contribution in [-0.4, -0.2) is 19.6 Å². The molecule has 0 spiro atoms. The maximum absolute atomic E-state index is 13.5. The molecule has 0 saturated heterocycles. The second kappa shape index (κ2) is 5.27. The minimum Gasteiger partial charge on any atom is -0.467 e. The van der Waals surface area contributed by atoms with Crippen LogP contribution in [0.2, 0.25) is 0 Å². The molecule has 0 heterocycles. The molecule has 0 aromatic heterocycles. The molecule has 0 radical (unpaired) electrons. The van der Waals surface area contributed by atoms with Gasteiger partial charge in [-0.3, -0.25) is 5.32 Å². The summed E-state index contributed by atoms with van der Waals surface area (Å²) >= 11 is 0. The zero-order chi connectivity index (χ0) is 13.1. The Balaban J connectivity index is 3.22. The Hall–Kier alpha value is -1.42. The van der Waals surface area contributed by atoms with E-state index >= 15 is 0 Å². The van der Waals surface area contributed by atoms with E-state index in [1.165, 1.54) is 13.2 Å². The van der Waals surface area contributed by atoms with Gasteiger partial charge in [-0.15, -0.1) is 0 Å². The fourth-order valence-corrected chi connectivity index (χ4v) is 1.75. The molecule has 94 valence electrons. The number of halogens is 1. The van der Waals surface area contributed by atoms with Crippen molar-refractivity contribution in [2.45, 2.75) is 26.3 Å². The van der Waals surface area contributed by atoms with Gasteiger partial charge in [0.1, 0.15) is 11.4 Å². The molecule has 1 unspecified atom stereocenters. The molecular weight excluding hydrogens is 221 g/mol. The van der Waals surface area contributed by atoms with Crippen molar-refractivity contribution >= 4 is 5.97 Å². The van der Waals surface area contributed by atoms with E-state index < -0.39 is 11.5 Å². The lowest BCUT2D eigenvalue weighted by Crippen LogP contribution is -2.47. The van der Waals surface area contributed by atoms with E-state index in [2.05, 4.69) is 5.32 Å². The van der Waals surface area contributed by atoms with Gasteiger partial charge in [0.15, 0.2) is 0 Å². The second-order valence-corrected chi connectivity index (χ2v) is 4.11. The molecular formula is C13H18FNO2. The molecule has 0 aliphatic carbocycles. The Morgan fingerprint density at radius 2 is 2.18 bits per heavy atom. The molecule has 0 bridgehead atoms. The Morgan fingerprint density at radius 3 is 2.65 bits per heavy atom. The Kier molecular flexibility index (Phi) is 4.23. The molecule has 0 aliphatic heterocycles. The highest BCUT2D eigenvalue weighted by Gasteiger charge is 2.35. The lowest BCUT2D eigenvalue weighted by atomic mass is 9.91. The van der Waals surface area contributed by atoms with Crippen LogP contribution >= 0.6 is 0 Å². The summed E-state index contributed by atoms with van der Waals surface area (Å²) in [5.74, 6) is -0.752. The summed E-state index contributed by atoms with van der Waals surface area (Å²) in [4.78, 5) is 11.8. The van der Waals surface area contributed by atoms with Gasteiger partial charge in [0.25, 0.3) is 0 Å². The molecule has 1 N–H and O–H groups in total. The molecule has 3 nitrogen and oxygen atoms in total. The number of aryl methyl sites for hydroxylation is 1. The molecule has 1 aromatic rings. The van der Waals surface area contributed by atoms with E-state index in [0.717, 1.165) is 0 Å². The van der Waals surface area contributed by atoms with Gasteiger partial charge in [0.2, 0.25) is 0 Å². The number of esters is 1. The molecule has 0 amide bonds. The number of benzene rings is 1. The lowest BCUT2D eigenvalue weighted by Gasteiger charge is -2.28. The SMILES string of the molecule is CCNC(C)(C(=O)OC)c1ccc(C)c(F)c1. The zero-order valence-corrected chi connectivity index (χ0v) is 10.6. The predicted molar refractivity (Wildman–Crippen MR) is 64.2 cm³/mol. The number of likely N-dealkylation sites (N-methyl/N-ethyl adjacent to an activating group) is 1. The molecule has 0 aliphatic rings. The Morgan fingerprint density at radius 1 is 1.53 bits per heavy atom. The monoisotopic (exact) mass is 239 g/mol. The molecule has 0 saturated carbocycles. The van der Waals surface area contributed by atoms with Crippen molar-refractivity contribution in [3.8, 4) is 0 Å². The Bertz CT molecular complexity index is 420. The summed E-state index contributed by atoms with van der Waals surface area (Å²) in [6.07, 6.45) is 0. The fraction of sp³-hybridized carbons (Fsp3) is 0.462. The van der Waals surface area contributed by atoms with E-state index in [0.29, 0.717) is 17.7 Å². The van der Waals surface area contributed by atoms with Gasteiger partial charge in [-0.05, 0) is 37.6 Å². The molecule has 1 atom stereocenters. The average Bonchev–Trinajstić information content (AvgIpc) is 2.31. The number of ether oxygens (including phenoxy) is 1. The largest absolute Gasteiger partial charge is 0.467 e. The number of hydrogen-bond acceptors (Lipinski definition) is 3. The van der Waals surface area contributed by atoms with Crippen LogP contribution in [0, 0.1) is 12.7 Å². The number of rotatable bonds is 4. The van der Waals surface area contributed by atoms with Gasteiger partial charge < -0.3 is 4.74 Å². The summed E-state index contributed by atoms with van der Waals surface area (Å²) in [5.41, 5.74) is 0.102. The number of methoxy groups -OCH3 is 1. The highest BCUT2D eigenvalue weighted by molar-refractivity contribution is 5.82. The van der Waals surface area contributed by atoms with Crippen LogP contribution in [0.5, 0.6) is 0 Å². The van der Waals surface area contributed by atoms with Crippen molar-refractivity contribution in [1.82, 2.24) is 5.32 Å². The van der Waals surface area contributed by atoms with Gasteiger partial charge in [-0.25, -0.2) is 9.18 Å². The first-order chi connectivity index (χ1) is 7.95. The molecule has 1 rings (SSSR count). The summed E-state index contributed by atoms with van der Waals surface area (Å²) in [5, 5.41) is 3.03. The minimum atomic E-state index is -1.02. The third-order valence-electron chi connectivity index (χ3n) is 2.87. The van der Waals surface area contributed by atoms with E-state index in [-0.39, 0.29) is 5.82 Å². The fourth-order valence-electron chi connectivity index (χ4n) is 1.75. The van der Waals surface area contributed by atoms with Crippen LogP contribution in [0.15, 0.2) is 18.2 Å². The van der Waals surface area contributed by atoms with Crippen molar-refractivity contribution in [3.63, 3.8) is 0 Å². The van der Waals surface area contributed by atoms with Gasteiger partial charge in [0, 0.05) is 0 Å². The van der Waals surface area contributed by atoms with Crippen LogP contribution in [0.4, 0.5) is 4.39 Å². The van der Waals surface area contributed by atoms with Gasteiger partial charge >= 0.3 is 5.97 Å². The lowest BCUT2D eigenvalue weighted by molar-refractivity contribution is -0.148. The average molecular weight is 239 g/mol. The normalized spacial score (nSPS) is 14.2. The van der Waals surface area contributed by atoms with Crippen molar-refractivity contribution in [3.05, 3.63) is 35.1 Å². The predicted octanol–water partition coefficient (Wildman–Crippen LogP) is 2.13. The maximum atomic E-state index is 13.5. The number of nitrogens with one attached hydrogen (secondary N) is 1. The summed E-state index contributed by atoms with van der Waals surface area (Å²) in [6.45, 7) is 5.83. The highest BCUT2D eigenvalue weighted by atomic mass is 19.1. The van der Waals surface area contributed by atoms with E-state index in [4.69, 9.17) is 4.74 Å². The van der Waals surface area contributed by atoms with Crippen LogP contribution in [0.25, 0.3) is 0 Å². The third kappa shape index (κ3) is 2.64. The summed E-state index contributed by atoms with van der Waals surface area (Å²) in [6, 6.07) is 4.76. The number of carbonyl (C=O) groups excluding carboxylic acids is 1. The van der Waals surface area contributed by atoms with E-state index in [1.807, 2.05) is 6.92 Å². The second-order valence-electron chi connectivity index (χ2n) is 4.11. The van der Waals surface area contributed by atoms with Crippen molar-refractivity contribution in [2.75, 3.05) is 13.7 Å². The summed E-state index contributed by atoms with van der Waals surface area (Å²) < 4.78 is 18.3. The standard InChI is InChI=1S/C13H18FNO2/c1-5-15-13(3,12(16)17-4)10-7-6-9(2)11(14)8-10/h6-8,15H,5H2,1-4H3. The van der Waals surface area contributed by atoms with Crippen molar-refractivity contribution in [2.24, 2.45) is 0 Å². The van der Waals surface area contributed by atoms with Crippen molar-refractivity contribution < 1.29 is 13.9 Å². The van der Waals surface area contributed by atoms with Gasteiger partial charge in [0.05, 0.1) is 7.11 Å². The minimum absolute atomic E-state index is 0.324. The highest BCUT2D eigenvalue weighted by Crippen LogP contribution is 2.24. The summed E-state index contributed by atoms with van der Waals surface area (Å²) in [7, 11) is 1.32. The first-order valence-corrected chi connectivity index (χ1v) is 5.55.